The maximum atomic E-state index is 12.6. The maximum Gasteiger partial charge on any atom is 0.412 e. The first-order chi connectivity index (χ1) is 12.2. The Kier molecular flexibility index (Phi) is 5.79. The number of aromatic nitrogens is 1. The van der Waals surface area contributed by atoms with E-state index in [4.69, 9.17) is 14.2 Å². The molecule has 7 heteroatoms. The molecule has 0 aliphatic rings. The van der Waals surface area contributed by atoms with Crippen molar-refractivity contribution < 1.29 is 19.0 Å². The number of nitrogens with zero attached hydrogens (tertiary/aromatic N) is 1. The smallest absolute Gasteiger partial charge is 0.412 e. The number of carbonyl (C=O) groups is 1. The van der Waals surface area contributed by atoms with Crippen molar-refractivity contribution in [1.82, 2.24) is 9.88 Å². The maximum absolute atomic E-state index is 12.6. The molecule has 0 radical (unpaired) electrons. The van der Waals surface area contributed by atoms with E-state index in [0.717, 1.165) is 0 Å². The number of nitrogens with one attached hydrogen (secondary N) is 1. The van der Waals surface area contributed by atoms with Crippen LogP contribution in [0.15, 0.2) is 23.1 Å². The van der Waals surface area contributed by atoms with Crippen LogP contribution in [-0.4, -0.2) is 31.4 Å². The Bertz CT molecular complexity index is 865. The zero-order valence-electron chi connectivity index (χ0n) is 16.1. The van der Waals surface area contributed by atoms with Crippen LogP contribution in [0.4, 0.5) is 4.79 Å². The minimum absolute atomic E-state index is 0.0696. The first-order valence-electron chi connectivity index (χ1n) is 8.45. The van der Waals surface area contributed by atoms with Gasteiger partial charge in [-0.1, -0.05) is 20.8 Å². The number of fused-ring (bicyclic) bond motifs is 1. The first-order valence-corrected chi connectivity index (χ1v) is 8.45. The van der Waals surface area contributed by atoms with Crippen molar-refractivity contribution >= 4 is 16.9 Å². The molecule has 0 aliphatic heterocycles. The van der Waals surface area contributed by atoms with Gasteiger partial charge in [-0.3, -0.25) is 4.79 Å². The van der Waals surface area contributed by atoms with E-state index in [1.54, 1.807) is 12.1 Å². The molecule has 0 spiro atoms. The number of methoxy groups -OCH3 is 2. The number of rotatable bonds is 5. The van der Waals surface area contributed by atoms with Crippen molar-refractivity contribution in [2.75, 3.05) is 20.8 Å². The van der Waals surface area contributed by atoms with E-state index >= 15 is 0 Å². The average Bonchev–Trinajstić information content (AvgIpc) is 2.60. The highest BCUT2D eigenvalue weighted by Gasteiger charge is 2.18. The second-order valence-electron chi connectivity index (χ2n) is 7.14. The van der Waals surface area contributed by atoms with Crippen LogP contribution in [0.3, 0.4) is 0 Å². The summed E-state index contributed by atoms with van der Waals surface area (Å²) in [6.07, 6.45) is 0.963. The summed E-state index contributed by atoms with van der Waals surface area (Å²) in [7, 11) is 3.01. The third kappa shape index (κ3) is 4.28. The zero-order chi connectivity index (χ0) is 19.5. The van der Waals surface area contributed by atoms with Gasteiger partial charge >= 0.3 is 6.09 Å². The van der Waals surface area contributed by atoms with Gasteiger partial charge in [-0.25, -0.2) is 4.79 Å². The first kappa shape index (κ1) is 19.6. The lowest BCUT2D eigenvalue weighted by Crippen LogP contribution is -2.34. The molecule has 0 bridgehead atoms. The van der Waals surface area contributed by atoms with Crippen LogP contribution in [-0.2, 0) is 6.54 Å². The molecule has 1 heterocycles. The van der Waals surface area contributed by atoms with Crippen LogP contribution < -0.4 is 25.1 Å². The standard InChI is InChI=1S/C19H26N2O5/c1-7-21-10-16(26-18(23)20-11-19(2,3)4)12-8-14(24-5)15(25-6)9-13(12)17(21)22/h8-10H,7,11H2,1-6H3,(H,20,23). The third-order valence-electron chi connectivity index (χ3n) is 3.86. The fourth-order valence-corrected chi connectivity index (χ4v) is 2.47. The van der Waals surface area contributed by atoms with Gasteiger partial charge in [-0.15, -0.1) is 0 Å². The number of benzene rings is 1. The predicted molar refractivity (Wildman–Crippen MR) is 100 cm³/mol. The van der Waals surface area contributed by atoms with Crippen molar-refractivity contribution in [1.29, 1.82) is 0 Å². The molecule has 0 saturated heterocycles. The van der Waals surface area contributed by atoms with Gasteiger partial charge in [0.15, 0.2) is 17.2 Å². The second kappa shape index (κ2) is 7.68. The molecular weight excluding hydrogens is 336 g/mol. The van der Waals surface area contributed by atoms with Gasteiger partial charge in [0.1, 0.15) is 0 Å². The minimum Gasteiger partial charge on any atom is -0.493 e. The van der Waals surface area contributed by atoms with Gasteiger partial charge in [-0.05, 0) is 24.5 Å². The Balaban J connectivity index is 2.52. The van der Waals surface area contributed by atoms with E-state index in [1.165, 1.54) is 25.0 Å². The van der Waals surface area contributed by atoms with E-state index in [2.05, 4.69) is 5.32 Å². The normalized spacial score (nSPS) is 11.3. The van der Waals surface area contributed by atoms with E-state index in [9.17, 15) is 9.59 Å². The second-order valence-corrected chi connectivity index (χ2v) is 7.14. The Hall–Kier alpha value is -2.70. The van der Waals surface area contributed by atoms with Crippen molar-refractivity contribution in [2.24, 2.45) is 5.41 Å². The lowest BCUT2D eigenvalue weighted by Gasteiger charge is -2.19. The summed E-state index contributed by atoms with van der Waals surface area (Å²) in [5.41, 5.74) is -0.259. The van der Waals surface area contributed by atoms with Crippen LogP contribution in [0.25, 0.3) is 10.8 Å². The van der Waals surface area contributed by atoms with Crippen LogP contribution >= 0.6 is 0 Å². The van der Waals surface area contributed by atoms with E-state index in [1.807, 2.05) is 27.7 Å². The molecule has 1 N–H and O–H groups in total. The average molecular weight is 362 g/mol. The number of pyridine rings is 1. The van der Waals surface area contributed by atoms with Crippen LogP contribution in [0.5, 0.6) is 17.2 Å². The summed E-state index contributed by atoms with van der Waals surface area (Å²) in [5, 5.41) is 3.62. The quantitative estimate of drug-likeness (QED) is 0.884. The molecule has 1 amide bonds. The zero-order valence-corrected chi connectivity index (χ0v) is 16.1. The number of hydrogen-bond donors (Lipinski definition) is 1. The van der Waals surface area contributed by atoms with Gasteiger partial charge in [0.2, 0.25) is 0 Å². The fourth-order valence-electron chi connectivity index (χ4n) is 2.47. The van der Waals surface area contributed by atoms with E-state index in [0.29, 0.717) is 35.4 Å². The van der Waals surface area contributed by atoms with Crippen LogP contribution in [0.1, 0.15) is 27.7 Å². The molecule has 1 aromatic heterocycles. The monoisotopic (exact) mass is 362 g/mol. The highest BCUT2D eigenvalue weighted by Crippen LogP contribution is 2.34. The summed E-state index contributed by atoms with van der Waals surface area (Å²) < 4.78 is 17.6. The summed E-state index contributed by atoms with van der Waals surface area (Å²) in [6, 6.07) is 3.24. The number of carbonyl (C=O) groups excluding carboxylic acids is 1. The molecule has 2 rings (SSSR count). The summed E-state index contributed by atoms with van der Waals surface area (Å²) >= 11 is 0. The lowest BCUT2D eigenvalue weighted by atomic mass is 9.97. The molecule has 0 atom stereocenters. The third-order valence-corrected chi connectivity index (χ3v) is 3.86. The summed E-state index contributed by atoms with van der Waals surface area (Å²) in [6.45, 7) is 8.79. The fraction of sp³-hybridized carbons (Fsp3) is 0.474. The molecule has 7 nitrogen and oxygen atoms in total. The number of ether oxygens (including phenoxy) is 3. The predicted octanol–water partition coefficient (Wildman–Crippen LogP) is 3.17. The van der Waals surface area contributed by atoms with Crippen LogP contribution in [0.2, 0.25) is 0 Å². The molecule has 142 valence electrons. The topological polar surface area (TPSA) is 78.8 Å². The van der Waals surface area contributed by atoms with Gasteiger partial charge in [-0.2, -0.15) is 0 Å². The molecule has 26 heavy (non-hydrogen) atoms. The van der Waals surface area contributed by atoms with Crippen molar-refractivity contribution in [3.05, 3.63) is 28.7 Å². The van der Waals surface area contributed by atoms with E-state index in [-0.39, 0.29) is 16.7 Å². The van der Waals surface area contributed by atoms with E-state index < -0.39 is 6.09 Å². The van der Waals surface area contributed by atoms with Crippen molar-refractivity contribution in [2.45, 2.75) is 34.2 Å². The highest BCUT2D eigenvalue weighted by atomic mass is 16.6. The molecule has 0 fully saturated rings. The Labute approximate surface area is 152 Å². The van der Waals surface area contributed by atoms with Crippen LogP contribution in [0, 0.1) is 5.41 Å². The molecule has 0 saturated carbocycles. The Morgan fingerprint density at radius 2 is 1.65 bits per heavy atom. The Morgan fingerprint density at radius 1 is 1.08 bits per heavy atom. The van der Waals surface area contributed by atoms with Gasteiger partial charge in [0.05, 0.1) is 25.8 Å². The van der Waals surface area contributed by atoms with Crippen molar-refractivity contribution in [3.8, 4) is 17.2 Å². The molecule has 1 aromatic carbocycles. The highest BCUT2D eigenvalue weighted by molar-refractivity contribution is 5.92. The number of aryl methyl sites for hydroxylation is 1. The van der Waals surface area contributed by atoms with Gasteiger partial charge < -0.3 is 24.1 Å². The minimum atomic E-state index is -0.572. The molecule has 0 unspecified atom stereocenters. The van der Waals surface area contributed by atoms with Gasteiger partial charge in [0.25, 0.3) is 5.56 Å². The summed E-state index contributed by atoms with van der Waals surface area (Å²) in [5.74, 6) is 1.18. The molecule has 2 aromatic rings. The molecule has 0 aliphatic carbocycles. The van der Waals surface area contributed by atoms with Gasteiger partial charge in [0, 0.05) is 18.5 Å². The Morgan fingerprint density at radius 3 is 2.15 bits per heavy atom. The lowest BCUT2D eigenvalue weighted by molar-refractivity contribution is 0.195. The number of amides is 1. The molecular formula is C19H26N2O5. The SMILES string of the molecule is CCn1cc(OC(=O)NCC(C)(C)C)c2cc(OC)c(OC)cc2c1=O. The number of hydrogen-bond acceptors (Lipinski definition) is 5. The van der Waals surface area contributed by atoms with Crippen molar-refractivity contribution in [3.63, 3.8) is 0 Å². The largest absolute Gasteiger partial charge is 0.493 e. The summed E-state index contributed by atoms with van der Waals surface area (Å²) in [4.78, 5) is 24.8.